The van der Waals surface area contributed by atoms with Gasteiger partial charge in [0.1, 0.15) is 11.0 Å². The summed E-state index contributed by atoms with van der Waals surface area (Å²) in [5, 5.41) is 3.26. The molecular weight excluding hydrogens is 442 g/mol. The summed E-state index contributed by atoms with van der Waals surface area (Å²) in [6, 6.07) is 14.6. The zero-order valence-electron chi connectivity index (χ0n) is 15.5. The molecule has 146 valence electrons. The standard InChI is InChI=1S/C20H20BrN3O3S/c1-3-27-16-10-6-14(7-11-16)23-20(22-2)28-17-12-18(25)24(19(17)26)15-8-4-13(21)5-9-15/h4-11,17H,3,12H2,1-2H3,(H,22,23). The SMILES string of the molecule is CCOc1ccc(NC(=NC)SC2CC(=O)N(c3ccc(Br)cc3)C2=O)cc1. The summed E-state index contributed by atoms with van der Waals surface area (Å²) >= 11 is 4.62. The first kappa shape index (κ1) is 20.4. The lowest BCUT2D eigenvalue weighted by molar-refractivity contribution is -0.121. The van der Waals surface area contributed by atoms with Gasteiger partial charge in [-0.15, -0.1) is 0 Å². The maximum Gasteiger partial charge on any atom is 0.247 e. The van der Waals surface area contributed by atoms with Crippen molar-refractivity contribution in [2.75, 3.05) is 23.9 Å². The molecule has 2 aromatic rings. The highest BCUT2D eigenvalue weighted by Crippen LogP contribution is 2.31. The van der Waals surface area contributed by atoms with Gasteiger partial charge in [-0.1, -0.05) is 27.7 Å². The van der Waals surface area contributed by atoms with Gasteiger partial charge in [0, 0.05) is 23.6 Å². The number of thioether (sulfide) groups is 1. The smallest absolute Gasteiger partial charge is 0.247 e. The molecule has 0 aliphatic carbocycles. The molecule has 1 unspecified atom stereocenters. The molecule has 0 bridgehead atoms. The molecule has 6 nitrogen and oxygen atoms in total. The fraction of sp³-hybridized carbons (Fsp3) is 0.250. The Bertz CT molecular complexity index is 885. The van der Waals surface area contributed by atoms with E-state index in [0.29, 0.717) is 17.5 Å². The van der Waals surface area contributed by atoms with Crippen molar-refractivity contribution < 1.29 is 14.3 Å². The minimum absolute atomic E-state index is 0.142. The van der Waals surface area contributed by atoms with E-state index in [-0.39, 0.29) is 18.2 Å². The van der Waals surface area contributed by atoms with E-state index in [1.54, 1.807) is 19.2 Å². The van der Waals surface area contributed by atoms with Crippen molar-refractivity contribution in [3.8, 4) is 5.75 Å². The fourth-order valence-electron chi connectivity index (χ4n) is 2.76. The first-order valence-corrected chi connectivity index (χ1v) is 10.4. The lowest BCUT2D eigenvalue weighted by Crippen LogP contribution is -2.31. The number of rotatable bonds is 5. The van der Waals surface area contributed by atoms with E-state index >= 15 is 0 Å². The molecule has 2 amide bonds. The maximum atomic E-state index is 12.8. The number of carbonyl (C=O) groups is 2. The predicted molar refractivity (Wildman–Crippen MR) is 117 cm³/mol. The Balaban J connectivity index is 1.67. The molecule has 28 heavy (non-hydrogen) atoms. The normalized spacial score (nSPS) is 17.2. The van der Waals surface area contributed by atoms with Crippen LogP contribution in [0.1, 0.15) is 13.3 Å². The van der Waals surface area contributed by atoms with Gasteiger partial charge in [-0.2, -0.15) is 0 Å². The summed E-state index contributed by atoms with van der Waals surface area (Å²) in [5.41, 5.74) is 1.41. The van der Waals surface area contributed by atoms with Crippen molar-refractivity contribution in [3.05, 3.63) is 53.0 Å². The number of anilines is 2. The Kier molecular flexibility index (Phi) is 6.74. The maximum absolute atomic E-state index is 12.8. The molecule has 0 radical (unpaired) electrons. The van der Waals surface area contributed by atoms with E-state index in [4.69, 9.17) is 4.74 Å². The molecular formula is C20H20BrN3O3S. The summed E-state index contributed by atoms with van der Waals surface area (Å²) in [6.45, 7) is 2.54. The van der Waals surface area contributed by atoms with Gasteiger partial charge in [0.2, 0.25) is 11.8 Å². The van der Waals surface area contributed by atoms with Gasteiger partial charge < -0.3 is 10.1 Å². The van der Waals surface area contributed by atoms with E-state index in [1.165, 1.54) is 16.7 Å². The molecule has 0 aromatic heterocycles. The molecule has 3 rings (SSSR count). The largest absolute Gasteiger partial charge is 0.494 e. The number of halogens is 1. The number of aliphatic imine (C=N–C) groups is 1. The Morgan fingerprint density at radius 3 is 2.50 bits per heavy atom. The Morgan fingerprint density at radius 2 is 1.89 bits per heavy atom. The lowest BCUT2D eigenvalue weighted by atomic mass is 10.3. The zero-order valence-corrected chi connectivity index (χ0v) is 17.9. The third-order valence-corrected chi connectivity index (χ3v) is 5.75. The number of imide groups is 1. The fourth-order valence-corrected chi connectivity index (χ4v) is 4.00. The van der Waals surface area contributed by atoms with E-state index in [1.807, 2.05) is 43.3 Å². The van der Waals surface area contributed by atoms with Gasteiger partial charge >= 0.3 is 0 Å². The van der Waals surface area contributed by atoms with Crippen LogP contribution in [0.4, 0.5) is 11.4 Å². The van der Waals surface area contributed by atoms with Crippen molar-refractivity contribution in [3.63, 3.8) is 0 Å². The van der Waals surface area contributed by atoms with Crippen molar-refractivity contribution in [2.45, 2.75) is 18.6 Å². The van der Waals surface area contributed by atoms with Crippen LogP contribution in [-0.4, -0.2) is 35.9 Å². The van der Waals surface area contributed by atoms with Crippen molar-refractivity contribution in [2.24, 2.45) is 4.99 Å². The third-order valence-electron chi connectivity index (χ3n) is 4.06. The number of benzene rings is 2. The highest BCUT2D eigenvalue weighted by molar-refractivity contribution is 9.10. The second-order valence-corrected chi connectivity index (χ2v) is 8.07. The molecule has 2 aromatic carbocycles. The zero-order chi connectivity index (χ0) is 20.1. The summed E-state index contributed by atoms with van der Waals surface area (Å²) in [6.07, 6.45) is 0.142. The number of hydrogen-bond acceptors (Lipinski definition) is 5. The van der Waals surface area contributed by atoms with Gasteiger partial charge in [0.05, 0.1) is 12.3 Å². The minimum Gasteiger partial charge on any atom is -0.494 e. The summed E-state index contributed by atoms with van der Waals surface area (Å²) in [5.74, 6) is 0.353. The average Bonchev–Trinajstić information content (AvgIpc) is 2.97. The van der Waals surface area contributed by atoms with Crippen LogP contribution in [0, 0.1) is 0 Å². The Morgan fingerprint density at radius 1 is 1.21 bits per heavy atom. The van der Waals surface area contributed by atoms with E-state index in [0.717, 1.165) is 15.9 Å². The Labute approximate surface area is 176 Å². The van der Waals surface area contributed by atoms with E-state index in [2.05, 4.69) is 26.2 Å². The number of nitrogens with one attached hydrogen (secondary N) is 1. The van der Waals surface area contributed by atoms with Crippen LogP contribution in [-0.2, 0) is 9.59 Å². The molecule has 1 N–H and O–H groups in total. The first-order chi connectivity index (χ1) is 13.5. The summed E-state index contributed by atoms with van der Waals surface area (Å²) in [7, 11) is 1.65. The summed E-state index contributed by atoms with van der Waals surface area (Å²) in [4.78, 5) is 30.7. The lowest BCUT2D eigenvalue weighted by Gasteiger charge is -2.16. The second-order valence-electron chi connectivity index (χ2n) is 5.97. The highest BCUT2D eigenvalue weighted by atomic mass is 79.9. The van der Waals surface area contributed by atoms with Crippen LogP contribution < -0.4 is 15.0 Å². The second kappa shape index (κ2) is 9.25. The summed E-state index contributed by atoms with van der Waals surface area (Å²) < 4.78 is 6.32. The molecule has 1 aliphatic heterocycles. The first-order valence-electron chi connectivity index (χ1n) is 8.77. The van der Waals surface area contributed by atoms with E-state index in [9.17, 15) is 9.59 Å². The molecule has 1 saturated heterocycles. The van der Waals surface area contributed by atoms with Gasteiger partial charge in [-0.25, -0.2) is 4.90 Å². The topological polar surface area (TPSA) is 71.0 Å². The van der Waals surface area contributed by atoms with Crippen LogP contribution in [0.25, 0.3) is 0 Å². The molecule has 0 saturated carbocycles. The minimum atomic E-state index is -0.509. The number of amides is 2. The quantitative estimate of drug-likeness (QED) is 0.408. The number of amidine groups is 1. The van der Waals surface area contributed by atoms with Gasteiger partial charge in [-0.3, -0.25) is 14.6 Å². The van der Waals surface area contributed by atoms with Gasteiger partial charge in [0.15, 0.2) is 5.17 Å². The number of hydrogen-bond donors (Lipinski definition) is 1. The highest BCUT2D eigenvalue weighted by Gasteiger charge is 2.40. The molecule has 1 aliphatic rings. The van der Waals surface area contributed by atoms with Crippen LogP contribution in [0.5, 0.6) is 5.75 Å². The van der Waals surface area contributed by atoms with Gasteiger partial charge in [-0.05, 0) is 55.5 Å². The van der Waals surface area contributed by atoms with Crippen molar-refractivity contribution in [1.82, 2.24) is 0 Å². The van der Waals surface area contributed by atoms with Crippen LogP contribution in [0.2, 0.25) is 0 Å². The van der Waals surface area contributed by atoms with Crippen LogP contribution >= 0.6 is 27.7 Å². The third kappa shape index (κ3) is 4.74. The van der Waals surface area contributed by atoms with E-state index < -0.39 is 5.25 Å². The van der Waals surface area contributed by atoms with Crippen molar-refractivity contribution >= 4 is 56.0 Å². The monoisotopic (exact) mass is 461 g/mol. The Hall–Kier alpha value is -2.32. The molecule has 1 heterocycles. The average molecular weight is 462 g/mol. The number of carbonyl (C=O) groups excluding carboxylic acids is 2. The molecule has 0 spiro atoms. The number of nitrogens with zero attached hydrogens (tertiary/aromatic N) is 2. The molecule has 1 fully saturated rings. The van der Waals surface area contributed by atoms with Crippen LogP contribution in [0.3, 0.4) is 0 Å². The van der Waals surface area contributed by atoms with Crippen molar-refractivity contribution in [1.29, 1.82) is 0 Å². The molecule has 8 heteroatoms. The van der Waals surface area contributed by atoms with Gasteiger partial charge in [0.25, 0.3) is 0 Å². The van der Waals surface area contributed by atoms with Crippen LogP contribution in [0.15, 0.2) is 58.0 Å². The predicted octanol–water partition coefficient (Wildman–Crippen LogP) is 4.31. The molecule has 1 atom stereocenters. The number of ether oxygens (including phenoxy) is 1.